The highest BCUT2D eigenvalue weighted by atomic mass is 16.5. The molecule has 0 aromatic heterocycles. The average Bonchev–Trinajstić information content (AvgIpc) is 2.73. The SMILES string of the molecule is CO[C@@H]1CCN(C(=O)C2CN(C)NN2)CC1(C)C. The number of hydrogen-bond acceptors (Lipinski definition) is 5. The second-order valence-electron chi connectivity index (χ2n) is 5.95. The van der Waals surface area contributed by atoms with Crippen LogP contribution in [0.1, 0.15) is 20.3 Å². The van der Waals surface area contributed by atoms with Crippen molar-refractivity contribution in [3.05, 3.63) is 0 Å². The van der Waals surface area contributed by atoms with Gasteiger partial charge in [0.2, 0.25) is 5.91 Å². The summed E-state index contributed by atoms with van der Waals surface area (Å²) in [5, 5.41) is 1.88. The van der Waals surface area contributed by atoms with E-state index in [-0.39, 0.29) is 23.5 Å². The summed E-state index contributed by atoms with van der Waals surface area (Å²) in [5.74, 6) is 0.175. The molecule has 1 amide bonds. The van der Waals surface area contributed by atoms with Crippen LogP contribution in [0, 0.1) is 5.41 Å². The predicted molar refractivity (Wildman–Crippen MR) is 68.5 cm³/mol. The summed E-state index contributed by atoms with van der Waals surface area (Å²) < 4.78 is 5.50. The Morgan fingerprint density at radius 1 is 1.44 bits per heavy atom. The van der Waals surface area contributed by atoms with Crippen LogP contribution in [0.3, 0.4) is 0 Å². The topological polar surface area (TPSA) is 56.8 Å². The Labute approximate surface area is 109 Å². The summed E-state index contributed by atoms with van der Waals surface area (Å²) in [6.07, 6.45) is 1.14. The summed E-state index contributed by atoms with van der Waals surface area (Å²) >= 11 is 0. The van der Waals surface area contributed by atoms with Crippen LogP contribution in [-0.4, -0.2) is 61.8 Å². The molecule has 0 spiro atoms. The van der Waals surface area contributed by atoms with Gasteiger partial charge in [0.05, 0.1) is 6.10 Å². The van der Waals surface area contributed by atoms with E-state index in [4.69, 9.17) is 4.74 Å². The van der Waals surface area contributed by atoms with E-state index in [1.165, 1.54) is 0 Å². The van der Waals surface area contributed by atoms with Crippen molar-refractivity contribution in [2.75, 3.05) is 33.8 Å². The Balaban J connectivity index is 1.96. The van der Waals surface area contributed by atoms with Gasteiger partial charge < -0.3 is 9.64 Å². The van der Waals surface area contributed by atoms with Gasteiger partial charge in [-0.2, -0.15) is 5.53 Å². The fourth-order valence-electron chi connectivity index (χ4n) is 2.88. The molecule has 6 heteroatoms. The van der Waals surface area contributed by atoms with Crippen molar-refractivity contribution in [2.24, 2.45) is 5.41 Å². The van der Waals surface area contributed by atoms with Gasteiger partial charge in [-0.15, -0.1) is 0 Å². The van der Waals surface area contributed by atoms with Gasteiger partial charge in [-0.05, 0) is 6.42 Å². The number of carbonyl (C=O) groups is 1. The lowest BCUT2D eigenvalue weighted by Gasteiger charge is -2.44. The molecule has 2 heterocycles. The molecule has 0 radical (unpaired) electrons. The van der Waals surface area contributed by atoms with Gasteiger partial charge in [-0.1, -0.05) is 13.8 Å². The highest BCUT2D eigenvalue weighted by molar-refractivity contribution is 5.82. The van der Waals surface area contributed by atoms with Gasteiger partial charge in [0.15, 0.2) is 0 Å². The van der Waals surface area contributed by atoms with E-state index in [2.05, 4.69) is 24.8 Å². The lowest BCUT2D eigenvalue weighted by Crippen LogP contribution is -2.55. The summed E-state index contributed by atoms with van der Waals surface area (Å²) in [5.41, 5.74) is 5.97. The first kappa shape index (κ1) is 13.7. The number of piperidine rings is 1. The van der Waals surface area contributed by atoms with Gasteiger partial charge in [-0.3, -0.25) is 4.79 Å². The number of carbonyl (C=O) groups excluding carboxylic acids is 1. The zero-order chi connectivity index (χ0) is 13.3. The van der Waals surface area contributed by atoms with Crippen LogP contribution in [0.15, 0.2) is 0 Å². The molecular weight excluding hydrogens is 232 g/mol. The Kier molecular flexibility index (Phi) is 3.91. The number of ether oxygens (including phenoxy) is 1. The molecule has 2 rings (SSSR count). The van der Waals surface area contributed by atoms with E-state index in [0.29, 0.717) is 6.54 Å². The Morgan fingerprint density at radius 2 is 2.17 bits per heavy atom. The van der Waals surface area contributed by atoms with E-state index in [0.717, 1.165) is 19.5 Å². The maximum absolute atomic E-state index is 12.4. The number of likely N-dealkylation sites (N-methyl/N-ethyl adjacent to an activating group) is 1. The van der Waals surface area contributed by atoms with Crippen molar-refractivity contribution >= 4 is 5.91 Å². The maximum atomic E-state index is 12.4. The molecule has 1 unspecified atom stereocenters. The van der Waals surface area contributed by atoms with Gasteiger partial charge in [0.25, 0.3) is 0 Å². The minimum atomic E-state index is -0.148. The standard InChI is InChI=1S/C12H24N4O2/c1-12(2)8-16(6-5-10(12)18-4)11(17)9-7-15(3)14-13-9/h9-10,13-14H,5-8H2,1-4H3/t9?,10-/m1/s1. The van der Waals surface area contributed by atoms with Crippen LogP contribution in [0.25, 0.3) is 0 Å². The molecule has 0 aromatic carbocycles. The zero-order valence-corrected chi connectivity index (χ0v) is 11.7. The van der Waals surface area contributed by atoms with Gasteiger partial charge >= 0.3 is 0 Å². The van der Waals surface area contributed by atoms with Crippen molar-refractivity contribution in [3.63, 3.8) is 0 Å². The highest BCUT2D eigenvalue weighted by Crippen LogP contribution is 2.31. The zero-order valence-electron chi connectivity index (χ0n) is 11.7. The molecule has 2 aliphatic rings. The minimum Gasteiger partial charge on any atom is -0.381 e. The first-order chi connectivity index (χ1) is 8.44. The van der Waals surface area contributed by atoms with E-state index < -0.39 is 0 Å². The lowest BCUT2D eigenvalue weighted by molar-refractivity contribution is -0.140. The number of amides is 1. The van der Waals surface area contributed by atoms with Crippen molar-refractivity contribution in [3.8, 4) is 0 Å². The Hall–Kier alpha value is -0.690. The first-order valence-corrected chi connectivity index (χ1v) is 6.48. The normalized spacial score (nSPS) is 32.8. The molecule has 18 heavy (non-hydrogen) atoms. The van der Waals surface area contributed by atoms with Crippen molar-refractivity contribution in [2.45, 2.75) is 32.4 Å². The molecule has 2 fully saturated rings. The molecule has 2 saturated heterocycles. The van der Waals surface area contributed by atoms with Gasteiger partial charge in [0.1, 0.15) is 6.04 Å². The molecule has 2 aliphatic heterocycles. The average molecular weight is 256 g/mol. The smallest absolute Gasteiger partial charge is 0.242 e. The molecule has 0 bridgehead atoms. The molecule has 6 nitrogen and oxygen atoms in total. The second-order valence-corrected chi connectivity index (χ2v) is 5.95. The number of nitrogens with one attached hydrogen (secondary N) is 2. The Morgan fingerprint density at radius 3 is 2.67 bits per heavy atom. The monoisotopic (exact) mass is 256 g/mol. The first-order valence-electron chi connectivity index (χ1n) is 6.48. The van der Waals surface area contributed by atoms with E-state index >= 15 is 0 Å². The number of rotatable bonds is 2. The fourth-order valence-corrected chi connectivity index (χ4v) is 2.88. The number of methoxy groups -OCH3 is 1. The number of likely N-dealkylation sites (tertiary alicyclic amines) is 1. The lowest BCUT2D eigenvalue weighted by atomic mass is 9.81. The quantitative estimate of drug-likeness (QED) is 0.703. The third-order valence-corrected chi connectivity index (χ3v) is 3.91. The predicted octanol–water partition coefficient (Wildman–Crippen LogP) is -0.417. The largest absolute Gasteiger partial charge is 0.381 e. The molecule has 2 N–H and O–H groups in total. The van der Waals surface area contributed by atoms with Crippen LogP contribution in [0.2, 0.25) is 0 Å². The summed E-state index contributed by atoms with van der Waals surface area (Å²) in [4.78, 5) is 14.3. The van der Waals surface area contributed by atoms with Crippen LogP contribution in [0.5, 0.6) is 0 Å². The summed E-state index contributed by atoms with van der Waals surface area (Å²) in [6, 6.07) is -0.148. The molecule has 0 saturated carbocycles. The molecule has 2 atom stereocenters. The van der Waals surface area contributed by atoms with Gasteiger partial charge in [-0.25, -0.2) is 10.4 Å². The minimum absolute atomic E-state index is 0.0145. The third kappa shape index (κ3) is 2.66. The van der Waals surface area contributed by atoms with Crippen molar-refractivity contribution in [1.82, 2.24) is 20.9 Å². The van der Waals surface area contributed by atoms with Gasteiger partial charge in [0, 0.05) is 39.2 Å². The molecule has 0 aliphatic carbocycles. The van der Waals surface area contributed by atoms with Crippen LogP contribution in [0.4, 0.5) is 0 Å². The third-order valence-electron chi connectivity index (χ3n) is 3.91. The van der Waals surface area contributed by atoms with E-state index in [1.807, 2.05) is 17.0 Å². The maximum Gasteiger partial charge on any atom is 0.242 e. The molecule has 104 valence electrons. The number of hydrogen-bond donors (Lipinski definition) is 2. The van der Waals surface area contributed by atoms with Crippen LogP contribution >= 0.6 is 0 Å². The number of nitrogens with zero attached hydrogens (tertiary/aromatic N) is 2. The van der Waals surface area contributed by atoms with Crippen LogP contribution in [-0.2, 0) is 9.53 Å². The second kappa shape index (κ2) is 5.13. The van der Waals surface area contributed by atoms with E-state index in [1.54, 1.807) is 7.11 Å². The fraction of sp³-hybridized carbons (Fsp3) is 0.917. The molecule has 0 aromatic rings. The number of hydrazine groups is 2. The highest BCUT2D eigenvalue weighted by Gasteiger charge is 2.40. The summed E-state index contributed by atoms with van der Waals surface area (Å²) in [7, 11) is 3.67. The van der Waals surface area contributed by atoms with Crippen molar-refractivity contribution in [1.29, 1.82) is 0 Å². The Bertz CT molecular complexity index is 321. The van der Waals surface area contributed by atoms with E-state index in [9.17, 15) is 4.79 Å². The molecular formula is C12H24N4O2. The summed E-state index contributed by atoms with van der Waals surface area (Å²) in [6.45, 7) is 6.55. The van der Waals surface area contributed by atoms with Crippen LogP contribution < -0.4 is 11.0 Å². The van der Waals surface area contributed by atoms with Crippen molar-refractivity contribution < 1.29 is 9.53 Å².